The molecule has 0 aliphatic heterocycles. The Hall–Kier alpha value is -2.87. The smallest absolute Gasteiger partial charge is 0.306 e. The number of carboxylic acid groups (broad SMARTS) is 1. The fourth-order valence-corrected chi connectivity index (χ4v) is 3.86. The van der Waals surface area contributed by atoms with Gasteiger partial charge < -0.3 is 14.6 Å². The highest BCUT2D eigenvalue weighted by molar-refractivity contribution is 6.33. The fraction of sp³-hybridized carbons (Fsp3) is 0.381. The molecule has 0 unspecified atom stereocenters. The van der Waals surface area contributed by atoms with Gasteiger partial charge in [-0.2, -0.15) is 4.98 Å². The average molecular weight is 434 g/mol. The van der Waals surface area contributed by atoms with Crippen LogP contribution in [0.25, 0.3) is 22.4 Å². The van der Waals surface area contributed by atoms with Gasteiger partial charge in [-0.3, -0.25) is 9.78 Å². The summed E-state index contributed by atoms with van der Waals surface area (Å²) in [5, 5.41) is 9.55. The Morgan fingerprint density at radius 3 is 2.60 bits per heavy atom. The number of hydrogen-bond acceptors (Lipinski definition) is 5. The number of alkyl halides is 1. The molecular formula is C21H21ClFN3O4. The molecule has 0 atom stereocenters. The molecule has 0 bridgehead atoms. The number of fused-ring (bicyclic) bond motifs is 1. The first-order chi connectivity index (χ1) is 14.5. The van der Waals surface area contributed by atoms with Crippen molar-refractivity contribution in [1.82, 2.24) is 15.0 Å². The second-order valence-electron chi connectivity index (χ2n) is 7.22. The molecule has 0 amide bonds. The van der Waals surface area contributed by atoms with E-state index in [0.717, 1.165) is 5.56 Å². The Morgan fingerprint density at radius 1 is 1.20 bits per heavy atom. The zero-order valence-electron chi connectivity index (χ0n) is 16.1. The number of rotatable bonds is 7. The monoisotopic (exact) mass is 433 g/mol. The molecule has 0 radical (unpaired) electrons. The zero-order chi connectivity index (χ0) is 21.1. The summed E-state index contributed by atoms with van der Waals surface area (Å²) >= 11 is 6.41. The summed E-state index contributed by atoms with van der Waals surface area (Å²) in [7, 11) is 0. The summed E-state index contributed by atoms with van der Waals surface area (Å²) in [5.41, 5.74) is 2.50. The lowest BCUT2D eigenvalue weighted by Crippen LogP contribution is -2.28. The van der Waals surface area contributed by atoms with Crippen LogP contribution in [0.5, 0.6) is 11.8 Å². The van der Waals surface area contributed by atoms with Crippen LogP contribution in [-0.2, 0) is 4.79 Å². The minimum atomic E-state index is -0.745. The van der Waals surface area contributed by atoms with Crippen LogP contribution in [0.4, 0.5) is 4.39 Å². The Morgan fingerprint density at radius 2 is 1.93 bits per heavy atom. The van der Waals surface area contributed by atoms with E-state index in [1.165, 1.54) is 0 Å². The number of pyridine rings is 1. The normalized spacial score (nSPS) is 19.0. The van der Waals surface area contributed by atoms with Crippen LogP contribution in [0.15, 0.2) is 30.3 Å². The second kappa shape index (κ2) is 8.87. The van der Waals surface area contributed by atoms with Crippen LogP contribution in [-0.4, -0.2) is 45.4 Å². The first kappa shape index (κ1) is 20.4. The molecule has 2 heterocycles. The van der Waals surface area contributed by atoms with Crippen molar-refractivity contribution in [2.75, 3.05) is 13.3 Å². The predicted molar refractivity (Wildman–Crippen MR) is 110 cm³/mol. The number of carbonyl (C=O) groups is 1. The van der Waals surface area contributed by atoms with Crippen molar-refractivity contribution < 1.29 is 23.8 Å². The molecule has 7 nitrogen and oxygen atoms in total. The third-order valence-corrected chi connectivity index (χ3v) is 5.47. The van der Waals surface area contributed by atoms with E-state index in [1.54, 1.807) is 18.2 Å². The van der Waals surface area contributed by atoms with Crippen molar-refractivity contribution in [2.24, 2.45) is 5.92 Å². The van der Waals surface area contributed by atoms with Crippen LogP contribution in [0, 0.1) is 5.92 Å². The summed E-state index contributed by atoms with van der Waals surface area (Å²) in [6.07, 6.45) is 2.46. The Balaban J connectivity index is 1.49. The van der Waals surface area contributed by atoms with E-state index >= 15 is 0 Å². The van der Waals surface area contributed by atoms with E-state index < -0.39 is 12.6 Å². The standard InChI is InChI=1S/C21H21ClFN3O4/c22-16-11-17-19(25-18(16)12-1-5-14(6-2-12)29-10-9-23)26-21(24-17)30-15-7-3-13(4-8-15)20(27)28/h1-2,5-6,11,13,15H,3-4,7-10H2,(H,27,28)(H,24,25,26)/t13-,15-. The number of imidazole rings is 1. The lowest BCUT2D eigenvalue weighted by atomic mass is 9.87. The lowest BCUT2D eigenvalue weighted by molar-refractivity contribution is -0.143. The SMILES string of the molecule is O=C(O)[C@H]1CC[C@H](Oc2nc3cc(Cl)c(-c4ccc(OCCF)cc4)nc3[nH]2)CC1. The summed E-state index contributed by atoms with van der Waals surface area (Å²) < 4.78 is 23.4. The van der Waals surface area contributed by atoms with Gasteiger partial charge in [0.05, 0.1) is 16.6 Å². The van der Waals surface area contributed by atoms with Gasteiger partial charge in [-0.1, -0.05) is 11.6 Å². The first-order valence-corrected chi connectivity index (χ1v) is 10.2. The number of nitrogens with one attached hydrogen (secondary N) is 1. The lowest BCUT2D eigenvalue weighted by Gasteiger charge is -2.25. The molecule has 4 rings (SSSR count). The van der Waals surface area contributed by atoms with E-state index in [2.05, 4.69) is 15.0 Å². The molecule has 2 aromatic heterocycles. The molecule has 3 aromatic rings. The topological polar surface area (TPSA) is 97.3 Å². The minimum Gasteiger partial charge on any atom is -0.491 e. The third kappa shape index (κ3) is 4.48. The molecule has 1 aliphatic carbocycles. The number of nitrogens with zero attached hydrogens (tertiary/aromatic N) is 2. The molecule has 1 aromatic carbocycles. The van der Waals surface area contributed by atoms with Crippen molar-refractivity contribution >= 4 is 28.7 Å². The molecular weight excluding hydrogens is 413 g/mol. The highest BCUT2D eigenvalue weighted by Gasteiger charge is 2.27. The summed E-state index contributed by atoms with van der Waals surface area (Å²) in [5.74, 6) is -0.466. The highest BCUT2D eigenvalue weighted by atomic mass is 35.5. The van der Waals surface area contributed by atoms with Crippen molar-refractivity contribution in [3.63, 3.8) is 0 Å². The number of aromatic amines is 1. The van der Waals surface area contributed by atoms with Gasteiger partial charge in [0.15, 0.2) is 5.65 Å². The van der Waals surface area contributed by atoms with E-state index in [-0.39, 0.29) is 18.6 Å². The molecule has 1 fully saturated rings. The van der Waals surface area contributed by atoms with Gasteiger partial charge in [0.1, 0.15) is 30.7 Å². The van der Waals surface area contributed by atoms with Crippen LogP contribution in [0.1, 0.15) is 25.7 Å². The van der Waals surface area contributed by atoms with Crippen molar-refractivity contribution in [1.29, 1.82) is 0 Å². The van der Waals surface area contributed by atoms with Gasteiger partial charge in [0.2, 0.25) is 0 Å². The largest absolute Gasteiger partial charge is 0.491 e. The minimum absolute atomic E-state index is 0.0131. The Bertz CT molecular complexity index is 1030. The zero-order valence-corrected chi connectivity index (χ0v) is 16.9. The second-order valence-corrected chi connectivity index (χ2v) is 7.63. The van der Waals surface area contributed by atoms with Gasteiger partial charge in [0.25, 0.3) is 6.01 Å². The van der Waals surface area contributed by atoms with Crippen LogP contribution >= 0.6 is 11.6 Å². The summed E-state index contributed by atoms with van der Waals surface area (Å²) in [4.78, 5) is 23.1. The quantitative estimate of drug-likeness (QED) is 0.563. The molecule has 158 valence electrons. The average Bonchev–Trinajstić information content (AvgIpc) is 3.13. The molecule has 1 aliphatic rings. The summed E-state index contributed by atoms with van der Waals surface area (Å²) in [6, 6.07) is 9.16. The van der Waals surface area contributed by atoms with E-state index in [0.29, 0.717) is 59.3 Å². The number of aromatic nitrogens is 3. The first-order valence-electron chi connectivity index (χ1n) is 9.78. The van der Waals surface area contributed by atoms with Gasteiger partial charge in [-0.05, 0) is 56.0 Å². The Kier molecular flexibility index (Phi) is 6.03. The highest BCUT2D eigenvalue weighted by Crippen LogP contribution is 2.32. The molecule has 0 spiro atoms. The molecule has 2 N–H and O–H groups in total. The number of carboxylic acids is 1. The molecule has 1 saturated carbocycles. The van der Waals surface area contributed by atoms with Crippen LogP contribution in [0.3, 0.4) is 0 Å². The van der Waals surface area contributed by atoms with Gasteiger partial charge >= 0.3 is 5.97 Å². The maximum absolute atomic E-state index is 12.2. The number of aliphatic carboxylic acids is 1. The third-order valence-electron chi connectivity index (χ3n) is 5.18. The number of H-pyrrole nitrogens is 1. The fourth-order valence-electron chi connectivity index (χ4n) is 3.60. The van der Waals surface area contributed by atoms with Crippen LogP contribution < -0.4 is 9.47 Å². The van der Waals surface area contributed by atoms with E-state index in [1.807, 2.05) is 12.1 Å². The van der Waals surface area contributed by atoms with E-state index in [9.17, 15) is 9.18 Å². The molecule has 30 heavy (non-hydrogen) atoms. The van der Waals surface area contributed by atoms with Crippen molar-refractivity contribution in [3.8, 4) is 23.0 Å². The van der Waals surface area contributed by atoms with Gasteiger partial charge in [-0.15, -0.1) is 0 Å². The van der Waals surface area contributed by atoms with Crippen LogP contribution in [0.2, 0.25) is 5.02 Å². The van der Waals surface area contributed by atoms with Gasteiger partial charge in [-0.25, -0.2) is 9.37 Å². The summed E-state index contributed by atoms with van der Waals surface area (Å²) in [6.45, 7) is -0.532. The maximum atomic E-state index is 12.2. The Labute approximate surface area is 177 Å². The number of ether oxygens (including phenoxy) is 2. The number of benzene rings is 1. The number of halogens is 2. The number of hydrogen-bond donors (Lipinski definition) is 2. The van der Waals surface area contributed by atoms with Gasteiger partial charge in [0, 0.05) is 5.56 Å². The van der Waals surface area contributed by atoms with Crippen molar-refractivity contribution in [2.45, 2.75) is 31.8 Å². The van der Waals surface area contributed by atoms with Crippen molar-refractivity contribution in [3.05, 3.63) is 35.4 Å². The predicted octanol–water partition coefficient (Wildman–Crippen LogP) is 4.65. The van der Waals surface area contributed by atoms with E-state index in [4.69, 9.17) is 26.2 Å². The molecule has 9 heteroatoms. The maximum Gasteiger partial charge on any atom is 0.306 e. The molecule has 0 saturated heterocycles.